The molecule has 0 aliphatic carbocycles. The Kier molecular flexibility index (Phi) is 4.62. The van der Waals surface area contributed by atoms with Gasteiger partial charge in [-0.05, 0) is 50.9 Å². The van der Waals surface area contributed by atoms with Crippen LogP contribution in [0.15, 0.2) is 0 Å². The van der Waals surface area contributed by atoms with Crippen LogP contribution in [0.4, 0.5) is 0 Å². The van der Waals surface area contributed by atoms with Crippen LogP contribution in [0, 0.1) is 11.8 Å². The van der Waals surface area contributed by atoms with Crippen LogP contribution < -0.4 is 10.6 Å². The summed E-state index contributed by atoms with van der Waals surface area (Å²) in [4.78, 5) is 0. The van der Waals surface area contributed by atoms with Gasteiger partial charge in [0.1, 0.15) is 0 Å². The topological polar surface area (TPSA) is 24.1 Å². The summed E-state index contributed by atoms with van der Waals surface area (Å²) in [6.45, 7) is 9.31. The van der Waals surface area contributed by atoms with Gasteiger partial charge in [0, 0.05) is 0 Å². The highest BCUT2D eigenvalue weighted by Crippen LogP contribution is 2.08. The minimum absolute atomic E-state index is 0.779. The van der Waals surface area contributed by atoms with E-state index in [9.17, 15) is 0 Å². The van der Waals surface area contributed by atoms with Crippen LogP contribution in [0.25, 0.3) is 0 Å². The fourth-order valence-corrected chi connectivity index (χ4v) is 1.67. The van der Waals surface area contributed by atoms with E-state index in [1.54, 1.807) is 0 Å². The summed E-state index contributed by atoms with van der Waals surface area (Å²) in [7, 11) is 0. The van der Waals surface area contributed by atoms with Crippen molar-refractivity contribution in [2.45, 2.75) is 26.7 Å². The van der Waals surface area contributed by atoms with E-state index < -0.39 is 0 Å². The highest BCUT2D eigenvalue weighted by atomic mass is 14.9. The van der Waals surface area contributed by atoms with Crippen LogP contribution in [-0.2, 0) is 0 Å². The fraction of sp³-hybridized carbons (Fsp3) is 1.00. The lowest BCUT2D eigenvalue weighted by molar-refractivity contribution is 0.354. The molecule has 0 radical (unpaired) electrons. The summed E-state index contributed by atoms with van der Waals surface area (Å²) in [5, 5.41) is 6.95. The van der Waals surface area contributed by atoms with E-state index in [2.05, 4.69) is 24.5 Å². The van der Waals surface area contributed by atoms with Crippen molar-refractivity contribution in [1.29, 1.82) is 0 Å². The normalized spacial score (nSPS) is 24.8. The maximum absolute atomic E-state index is 3.51. The number of piperidine rings is 1. The summed E-state index contributed by atoms with van der Waals surface area (Å²) < 4.78 is 0. The van der Waals surface area contributed by atoms with Gasteiger partial charge in [-0.3, -0.25) is 0 Å². The van der Waals surface area contributed by atoms with Gasteiger partial charge in [-0.25, -0.2) is 0 Å². The minimum atomic E-state index is 0.779. The molecule has 0 aromatic heterocycles. The third kappa shape index (κ3) is 4.07. The molecule has 2 heteroatoms. The summed E-state index contributed by atoms with van der Waals surface area (Å²) in [5.41, 5.74) is 0. The van der Waals surface area contributed by atoms with Crippen molar-refractivity contribution in [3.8, 4) is 0 Å². The Hall–Kier alpha value is -0.0800. The molecule has 0 saturated carbocycles. The van der Waals surface area contributed by atoms with E-state index in [0.29, 0.717) is 0 Å². The lowest BCUT2D eigenvalue weighted by Crippen LogP contribution is -2.36. The monoisotopic (exact) mass is 170 g/mol. The van der Waals surface area contributed by atoms with Gasteiger partial charge in [0.05, 0.1) is 0 Å². The van der Waals surface area contributed by atoms with Gasteiger partial charge in [-0.2, -0.15) is 0 Å². The van der Waals surface area contributed by atoms with Crippen molar-refractivity contribution in [2.75, 3.05) is 26.2 Å². The largest absolute Gasteiger partial charge is 0.316 e. The molecule has 1 unspecified atom stereocenters. The third-order valence-corrected chi connectivity index (χ3v) is 2.38. The summed E-state index contributed by atoms with van der Waals surface area (Å²) in [6.07, 6.45) is 2.76. The number of hydrogen-bond donors (Lipinski definition) is 2. The molecule has 1 aliphatic rings. The zero-order valence-electron chi connectivity index (χ0n) is 8.40. The molecule has 0 aromatic carbocycles. The molecular weight excluding hydrogens is 148 g/mol. The van der Waals surface area contributed by atoms with Gasteiger partial charge in [0.15, 0.2) is 0 Å². The Morgan fingerprint density at radius 1 is 1.50 bits per heavy atom. The standard InChI is InChI=1S/C10H22N2/c1-9(2)6-12-8-10-4-3-5-11-7-10/h9-12H,3-8H2,1-2H3. The Balaban J connectivity index is 1.98. The first-order valence-electron chi connectivity index (χ1n) is 5.20. The van der Waals surface area contributed by atoms with E-state index in [1.165, 1.54) is 32.5 Å². The first kappa shape index (κ1) is 10.0. The van der Waals surface area contributed by atoms with Crippen LogP contribution in [0.5, 0.6) is 0 Å². The number of rotatable bonds is 4. The Bertz CT molecular complexity index is 106. The van der Waals surface area contributed by atoms with Gasteiger partial charge in [0.2, 0.25) is 0 Å². The summed E-state index contributed by atoms with van der Waals surface area (Å²) in [6, 6.07) is 0. The second-order valence-electron chi connectivity index (χ2n) is 4.26. The zero-order chi connectivity index (χ0) is 8.81. The maximum Gasteiger partial charge on any atom is -0.000826 e. The van der Waals surface area contributed by atoms with Crippen molar-refractivity contribution in [3.63, 3.8) is 0 Å². The molecule has 2 N–H and O–H groups in total. The Labute approximate surface area is 76.1 Å². The molecule has 12 heavy (non-hydrogen) atoms. The van der Waals surface area contributed by atoms with Crippen LogP contribution in [0.3, 0.4) is 0 Å². The average molecular weight is 170 g/mol. The van der Waals surface area contributed by atoms with Crippen LogP contribution in [0.2, 0.25) is 0 Å². The molecule has 0 amide bonds. The molecule has 2 nitrogen and oxygen atoms in total. The number of nitrogens with one attached hydrogen (secondary N) is 2. The molecule has 0 aromatic rings. The van der Waals surface area contributed by atoms with E-state index in [4.69, 9.17) is 0 Å². The van der Waals surface area contributed by atoms with Gasteiger partial charge in [-0.1, -0.05) is 13.8 Å². The average Bonchev–Trinajstić information content (AvgIpc) is 2.05. The van der Waals surface area contributed by atoms with E-state index >= 15 is 0 Å². The SMILES string of the molecule is CC(C)CNCC1CCCNC1. The van der Waals surface area contributed by atoms with Crippen molar-refractivity contribution in [1.82, 2.24) is 10.6 Å². The molecule has 72 valence electrons. The molecule has 1 atom stereocenters. The number of hydrogen-bond acceptors (Lipinski definition) is 2. The molecule has 1 aliphatic heterocycles. The highest BCUT2D eigenvalue weighted by molar-refractivity contribution is 4.70. The van der Waals surface area contributed by atoms with E-state index in [1.807, 2.05) is 0 Å². The zero-order valence-corrected chi connectivity index (χ0v) is 8.40. The van der Waals surface area contributed by atoms with Crippen LogP contribution in [0.1, 0.15) is 26.7 Å². The Morgan fingerprint density at radius 2 is 2.33 bits per heavy atom. The van der Waals surface area contributed by atoms with Crippen molar-refractivity contribution >= 4 is 0 Å². The first-order valence-corrected chi connectivity index (χ1v) is 5.20. The highest BCUT2D eigenvalue weighted by Gasteiger charge is 2.11. The van der Waals surface area contributed by atoms with Crippen molar-refractivity contribution < 1.29 is 0 Å². The third-order valence-electron chi connectivity index (χ3n) is 2.38. The van der Waals surface area contributed by atoms with E-state index in [-0.39, 0.29) is 0 Å². The van der Waals surface area contributed by atoms with Crippen LogP contribution >= 0.6 is 0 Å². The maximum atomic E-state index is 3.51. The molecule has 1 heterocycles. The molecular formula is C10H22N2. The van der Waals surface area contributed by atoms with Gasteiger partial charge in [0.25, 0.3) is 0 Å². The lowest BCUT2D eigenvalue weighted by Gasteiger charge is -2.23. The fourth-order valence-electron chi connectivity index (χ4n) is 1.67. The molecule has 0 bridgehead atoms. The first-order chi connectivity index (χ1) is 5.79. The lowest BCUT2D eigenvalue weighted by atomic mass is 9.99. The quantitative estimate of drug-likeness (QED) is 0.663. The summed E-state index contributed by atoms with van der Waals surface area (Å²) >= 11 is 0. The summed E-state index contributed by atoms with van der Waals surface area (Å²) in [5.74, 6) is 1.65. The molecule has 1 fully saturated rings. The minimum Gasteiger partial charge on any atom is -0.316 e. The predicted molar refractivity (Wildman–Crippen MR) is 53.3 cm³/mol. The molecule has 1 saturated heterocycles. The molecule has 1 rings (SSSR count). The van der Waals surface area contributed by atoms with Gasteiger partial charge < -0.3 is 10.6 Å². The predicted octanol–water partition coefficient (Wildman–Crippen LogP) is 1.23. The second kappa shape index (κ2) is 5.55. The van der Waals surface area contributed by atoms with Crippen LogP contribution in [-0.4, -0.2) is 26.2 Å². The van der Waals surface area contributed by atoms with E-state index in [0.717, 1.165) is 18.4 Å². The van der Waals surface area contributed by atoms with Crippen molar-refractivity contribution in [2.24, 2.45) is 11.8 Å². The van der Waals surface area contributed by atoms with Crippen molar-refractivity contribution in [3.05, 3.63) is 0 Å². The van der Waals surface area contributed by atoms with Gasteiger partial charge in [-0.15, -0.1) is 0 Å². The molecule has 0 spiro atoms. The smallest absolute Gasteiger partial charge is 0.000826 e. The second-order valence-corrected chi connectivity index (χ2v) is 4.26. The van der Waals surface area contributed by atoms with Gasteiger partial charge >= 0.3 is 0 Å². The Morgan fingerprint density at radius 3 is 2.92 bits per heavy atom.